The molecule has 2 heteroatoms. The van der Waals surface area contributed by atoms with Gasteiger partial charge in [-0.25, -0.2) is 0 Å². The topological polar surface area (TPSA) is 17.1 Å². The maximum Gasteiger partial charge on any atom is 0.189 e. The Kier molecular flexibility index (Phi) is 2.40. The summed E-state index contributed by atoms with van der Waals surface area (Å²) in [6.45, 7) is 2.13. The molecule has 0 N–H and O–H groups in total. The van der Waals surface area contributed by atoms with E-state index < -0.39 is 0 Å². The van der Waals surface area contributed by atoms with Crippen LogP contribution in [0.15, 0.2) is 30.3 Å². The molecule has 68 valence electrons. The van der Waals surface area contributed by atoms with Crippen molar-refractivity contribution >= 4 is 16.9 Å². The predicted octanol–water partition coefficient (Wildman–Crippen LogP) is 2.82. The van der Waals surface area contributed by atoms with Gasteiger partial charge in [-0.2, -0.15) is 0 Å². The molecule has 1 aromatic carbocycles. The van der Waals surface area contributed by atoms with Gasteiger partial charge in [-0.05, 0) is 5.56 Å². The Labute approximate surface area is 82.5 Å². The molecule has 0 bridgehead atoms. The van der Waals surface area contributed by atoms with Crippen LogP contribution in [0.25, 0.3) is 0 Å². The van der Waals surface area contributed by atoms with Gasteiger partial charge in [0, 0.05) is 17.6 Å². The molecule has 0 unspecified atom stereocenters. The molecule has 1 aliphatic rings. The first-order valence-electron chi connectivity index (χ1n) is 4.52. The highest BCUT2D eigenvalue weighted by atomic mass is 32.2. The van der Waals surface area contributed by atoms with Crippen LogP contribution in [-0.2, 0) is 4.79 Å². The van der Waals surface area contributed by atoms with E-state index in [0.717, 1.165) is 0 Å². The third-order valence-corrected chi connectivity index (χ3v) is 3.63. The van der Waals surface area contributed by atoms with E-state index in [-0.39, 0.29) is 0 Å². The molecule has 1 saturated heterocycles. The van der Waals surface area contributed by atoms with Crippen molar-refractivity contribution in [3.8, 4) is 0 Å². The van der Waals surface area contributed by atoms with Gasteiger partial charge in [-0.1, -0.05) is 49.0 Å². The molecule has 1 nitrogen and oxygen atoms in total. The zero-order valence-corrected chi connectivity index (χ0v) is 8.38. The highest BCUT2D eigenvalue weighted by Crippen LogP contribution is 2.39. The van der Waals surface area contributed by atoms with Gasteiger partial charge in [-0.15, -0.1) is 0 Å². The molecular formula is C11H12OS. The normalized spacial score (nSPS) is 27.9. The van der Waals surface area contributed by atoms with Crippen LogP contribution in [0.5, 0.6) is 0 Å². The molecule has 0 amide bonds. The third kappa shape index (κ3) is 1.78. The van der Waals surface area contributed by atoms with Crippen LogP contribution < -0.4 is 0 Å². The number of thioether (sulfide) groups is 1. The summed E-state index contributed by atoms with van der Waals surface area (Å²) < 4.78 is 0. The van der Waals surface area contributed by atoms with E-state index in [4.69, 9.17) is 0 Å². The number of carbonyl (C=O) groups is 1. The zero-order valence-electron chi connectivity index (χ0n) is 7.57. The highest BCUT2D eigenvalue weighted by molar-refractivity contribution is 8.14. The smallest absolute Gasteiger partial charge is 0.189 e. The molecule has 2 rings (SSSR count). The summed E-state index contributed by atoms with van der Waals surface area (Å²) in [7, 11) is 0. The van der Waals surface area contributed by atoms with Crippen molar-refractivity contribution in [2.24, 2.45) is 0 Å². The fraction of sp³-hybridized carbons (Fsp3) is 0.364. The Morgan fingerprint density at radius 2 is 2.00 bits per heavy atom. The molecule has 2 atom stereocenters. The summed E-state index contributed by atoms with van der Waals surface area (Å²) >= 11 is 1.48. The molecule has 1 aromatic rings. The second kappa shape index (κ2) is 3.54. The molecular weight excluding hydrogens is 180 g/mol. The van der Waals surface area contributed by atoms with E-state index in [9.17, 15) is 4.79 Å². The highest BCUT2D eigenvalue weighted by Gasteiger charge is 2.31. The van der Waals surface area contributed by atoms with Gasteiger partial charge in [0.1, 0.15) is 0 Å². The molecule has 0 spiro atoms. The Morgan fingerprint density at radius 3 is 2.54 bits per heavy atom. The second-order valence-corrected chi connectivity index (χ2v) is 4.85. The van der Waals surface area contributed by atoms with E-state index >= 15 is 0 Å². The zero-order chi connectivity index (χ0) is 9.26. The third-order valence-electron chi connectivity index (χ3n) is 2.50. The van der Waals surface area contributed by atoms with Gasteiger partial charge in [0.25, 0.3) is 0 Å². The van der Waals surface area contributed by atoms with E-state index in [2.05, 4.69) is 19.1 Å². The fourth-order valence-corrected chi connectivity index (χ4v) is 2.88. The number of hydrogen-bond donors (Lipinski definition) is 0. The first kappa shape index (κ1) is 8.82. The van der Waals surface area contributed by atoms with Crippen LogP contribution in [-0.4, -0.2) is 10.4 Å². The van der Waals surface area contributed by atoms with Crippen LogP contribution in [0.4, 0.5) is 0 Å². The number of carbonyl (C=O) groups excluding carboxylic acids is 1. The molecule has 1 aliphatic heterocycles. The van der Waals surface area contributed by atoms with Crippen LogP contribution in [0.1, 0.15) is 24.8 Å². The summed E-state index contributed by atoms with van der Waals surface area (Å²) in [6.07, 6.45) is 0.704. The van der Waals surface area contributed by atoms with Gasteiger partial charge in [0.05, 0.1) is 0 Å². The molecule has 1 fully saturated rings. The van der Waals surface area contributed by atoms with Crippen molar-refractivity contribution in [3.63, 3.8) is 0 Å². The first-order chi connectivity index (χ1) is 6.27. The second-order valence-electron chi connectivity index (χ2n) is 3.42. The Balaban J connectivity index is 2.23. The van der Waals surface area contributed by atoms with Crippen molar-refractivity contribution in [2.75, 3.05) is 0 Å². The van der Waals surface area contributed by atoms with Gasteiger partial charge in [0.2, 0.25) is 0 Å². The Morgan fingerprint density at radius 1 is 1.31 bits per heavy atom. The van der Waals surface area contributed by atoms with Crippen molar-refractivity contribution in [1.29, 1.82) is 0 Å². The molecule has 13 heavy (non-hydrogen) atoms. The predicted molar refractivity (Wildman–Crippen MR) is 55.9 cm³/mol. The van der Waals surface area contributed by atoms with E-state index in [1.165, 1.54) is 17.3 Å². The SMILES string of the molecule is C[C@H]1SC(=O)C[C@@H]1c1ccccc1. The summed E-state index contributed by atoms with van der Waals surface area (Å²) in [6, 6.07) is 10.3. The summed E-state index contributed by atoms with van der Waals surface area (Å²) in [5.41, 5.74) is 1.30. The minimum absolute atomic E-state index is 0.335. The minimum atomic E-state index is 0.335. The standard InChI is InChI=1S/C11H12OS/c1-8-10(7-11(12)13-8)9-5-3-2-4-6-9/h2-6,8,10H,7H2,1H3/t8-,10+/m1/s1. The summed E-state index contributed by atoms with van der Waals surface area (Å²) in [5.74, 6) is 0.429. The van der Waals surface area contributed by atoms with Crippen LogP contribution >= 0.6 is 11.8 Å². The van der Waals surface area contributed by atoms with Crippen molar-refractivity contribution in [1.82, 2.24) is 0 Å². The van der Waals surface area contributed by atoms with E-state index in [1.807, 2.05) is 18.2 Å². The largest absolute Gasteiger partial charge is 0.287 e. The Hall–Kier alpha value is -0.760. The molecule has 0 radical (unpaired) electrons. The molecule has 0 saturated carbocycles. The van der Waals surface area contributed by atoms with Gasteiger partial charge in [-0.3, -0.25) is 4.79 Å². The van der Waals surface area contributed by atoms with Crippen molar-refractivity contribution in [2.45, 2.75) is 24.5 Å². The fourth-order valence-electron chi connectivity index (χ4n) is 1.77. The van der Waals surface area contributed by atoms with Gasteiger partial charge in [0.15, 0.2) is 5.12 Å². The summed E-state index contributed by atoms with van der Waals surface area (Å²) in [4.78, 5) is 11.2. The van der Waals surface area contributed by atoms with Crippen LogP contribution in [0.2, 0.25) is 0 Å². The quantitative estimate of drug-likeness (QED) is 0.680. The van der Waals surface area contributed by atoms with E-state index in [1.54, 1.807) is 0 Å². The maximum atomic E-state index is 11.2. The van der Waals surface area contributed by atoms with Crippen molar-refractivity contribution < 1.29 is 4.79 Å². The van der Waals surface area contributed by atoms with Crippen LogP contribution in [0, 0.1) is 0 Å². The van der Waals surface area contributed by atoms with Crippen LogP contribution in [0.3, 0.4) is 0 Å². The lowest BCUT2D eigenvalue weighted by Gasteiger charge is -2.12. The summed E-state index contributed by atoms with van der Waals surface area (Å²) in [5, 5.41) is 0.774. The monoisotopic (exact) mass is 192 g/mol. The minimum Gasteiger partial charge on any atom is -0.287 e. The number of hydrogen-bond acceptors (Lipinski definition) is 2. The maximum absolute atomic E-state index is 11.2. The lowest BCUT2D eigenvalue weighted by molar-refractivity contribution is -0.110. The van der Waals surface area contributed by atoms with Gasteiger partial charge >= 0.3 is 0 Å². The van der Waals surface area contributed by atoms with Crippen molar-refractivity contribution in [3.05, 3.63) is 35.9 Å². The number of benzene rings is 1. The lowest BCUT2D eigenvalue weighted by atomic mass is 9.94. The molecule has 0 aromatic heterocycles. The average molecular weight is 192 g/mol. The van der Waals surface area contributed by atoms with E-state index in [0.29, 0.717) is 22.7 Å². The molecule has 1 heterocycles. The lowest BCUT2D eigenvalue weighted by Crippen LogP contribution is -2.04. The average Bonchev–Trinajstić information content (AvgIpc) is 2.47. The first-order valence-corrected chi connectivity index (χ1v) is 5.40. The molecule has 0 aliphatic carbocycles. The number of rotatable bonds is 1. The Bertz CT molecular complexity index is 307. The van der Waals surface area contributed by atoms with Gasteiger partial charge < -0.3 is 0 Å².